The number of rotatable bonds is 9. The molecule has 0 saturated carbocycles. The highest BCUT2D eigenvalue weighted by molar-refractivity contribution is 8.00. The number of methoxy groups -OCH3 is 1. The Morgan fingerprint density at radius 2 is 1.38 bits per heavy atom. The molecule has 4 rings (SSSR count). The molecule has 37 heavy (non-hydrogen) atoms. The van der Waals surface area contributed by atoms with E-state index >= 15 is 0 Å². The zero-order valence-electron chi connectivity index (χ0n) is 20.4. The molecule has 0 aliphatic heterocycles. The molecule has 0 radical (unpaired) electrons. The molecular formula is C30H26N2O4S. The molecule has 1 unspecified atom stereocenters. The summed E-state index contributed by atoms with van der Waals surface area (Å²) in [5.74, 6) is 0.164. The molecule has 6 nitrogen and oxygen atoms in total. The first-order valence-electron chi connectivity index (χ1n) is 11.6. The fraction of sp³-hybridized carbons (Fsp3) is 0.100. The van der Waals surface area contributed by atoms with E-state index in [9.17, 15) is 14.4 Å². The van der Waals surface area contributed by atoms with Crippen molar-refractivity contribution in [3.8, 4) is 5.75 Å². The van der Waals surface area contributed by atoms with Crippen molar-refractivity contribution in [3.05, 3.63) is 120 Å². The molecule has 0 fully saturated rings. The Bertz CT molecular complexity index is 1390. The Hall–Kier alpha value is -4.36. The monoisotopic (exact) mass is 510 g/mol. The van der Waals surface area contributed by atoms with Crippen molar-refractivity contribution in [2.75, 3.05) is 17.7 Å². The highest BCUT2D eigenvalue weighted by atomic mass is 32.2. The van der Waals surface area contributed by atoms with Gasteiger partial charge in [-0.2, -0.15) is 0 Å². The van der Waals surface area contributed by atoms with E-state index in [1.165, 1.54) is 18.7 Å². The van der Waals surface area contributed by atoms with Gasteiger partial charge in [-0.1, -0.05) is 36.4 Å². The second-order valence-electron chi connectivity index (χ2n) is 8.24. The van der Waals surface area contributed by atoms with Crippen LogP contribution in [0.1, 0.15) is 38.5 Å². The fourth-order valence-corrected chi connectivity index (χ4v) is 4.64. The molecule has 0 aliphatic rings. The number of nitrogens with one attached hydrogen (secondary N) is 2. The summed E-state index contributed by atoms with van der Waals surface area (Å²) in [4.78, 5) is 38.3. The first-order valence-corrected chi connectivity index (χ1v) is 12.5. The summed E-state index contributed by atoms with van der Waals surface area (Å²) in [7, 11) is 1.56. The molecule has 4 aromatic rings. The van der Waals surface area contributed by atoms with Gasteiger partial charge in [0, 0.05) is 27.4 Å². The smallest absolute Gasteiger partial charge is 0.255 e. The number of hydrogen-bond acceptors (Lipinski definition) is 5. The van der Waals surface area contributed by atoms with Gasteiger partial charge in [-0.15, -0.1) is 11.8 Å². The molecule has 2 amide bonds. The molecule has 7 heteroatoms. The number of Topliss-reactive ketones (excluding diaryl/α,β-unsaturated/α-hetero) is 1. The molecule has 2 N–H and O–H groups in total. The fourth-order valence-electron chi connectivity index (χ4n) is 3.62. The first kappa shape index (κ1) is 25.7. The average molecular weight is 511 g/mol. The summed E-state index contributed by atoms with van der Waals surface area (Å²) in [6, 6.07) is 30.7. The van der Waals surface area contributed by atoms with E-state index in [0.717, 1.165) is 10.5 Å². The SMILES string of the molecule is COc1cccc(C(=O)Nc2ccc(SC(C(=O)Nc3ccc(C(C)=O)cc3)c3ccccc3)cc2)c1. The normalized spacial score (nSPS) is 11.3. The lowest BCUT2D eigenvalue weighted by Gasteiger charge is -2.17. The second kappa shape index (κ2) is 12.1. The number of thioether (sulfide) groups is 1. The van der Waals surface area contributed by atoms with Crippen LogP contribution in [0.15, 0.2) is 108 Å². The molecule has 186 valence electrons. The summed E-state index contributed by atoms with van der Waals surface area (Å²) >= 11 is 1.41. The number of amides is 2. The molecule has 0 spiro atoms. The van der Waals surface area contributed by atoms with Crippen LogP contribution >= 0.6 is 11.8 Å². The zero-order chi connectivity index (χ0) is 26.2. The summed E-state index contributed by atoms with van der Waals surface area (Å²) in [5.41, 5.74) is 3.21. The van der Waals surface area contributed by atoms with Crippen LogP contribution in [0, 0.1) is 0 Å². The average Bonchev–Trinajstić information content (AvgIpc) is 2.93. The van der Waals surface area contributed by atoms with Crippen molar-refractivity contribution in [1.29, 1.82) is 0 Å². The maximum atomic E-state index is 13.3. The summed E-state index contributed by atoms with van der Waals surface area (Å²) in [6.07, 6.45) is 0. The third kappa shape index (κ3) is 6.86. The van der Waals surface area contributed by atoms with Gasteiger partial charge >= 0.3 is 0 Å². The van der Waals surface area contributed by atoms with Crippen molar-refractivity contribution in [2.45, 2.75) is 17.1 Å². The van der Waals surface area contributed by atoms with Crippen LogP contribution in [0.2, 0.25) is 0 Å². The zero-order valence-corrected chi connectivity index (χ0v) is 21.3. The molecule has 1 atom stereocenters. The predicted octanol–water partition coefficient (Wildman–Crippen LogP) is 6.62. The van der Waals surface area contributed by atoms with E-state index < -0.39 is 5.25 Å². The lowest BCUT2D eigenvalue weighted by molar-refractivity contribution is -0.115. The van der Waals surface area contributed by atoms with Crippen molar-refractivity contribution < 1.29 is 19.1 Å². The maximum absolute atomic E-state index is 13.3. The quantitative estimate of drug-likeness (QED) is 0.195. The third-order valence-electron chi connectivity index (χ3n) is 5.60. The van der Waals surface area contributed by atoms with E-state index in [1.54, 1.807) is 67.8 Å². The minimum absolute atomic E-state index is 0.0290. The van der Waals surface area contributed by atoms with Gasteiger partial charge in [0.05, 0.1) is 7.11 Å². The van der Waals surface area contributed by atoms with Crippen molar-refractivity contribution in [2.24, 2.45) is 0 Å². The second-order valence-corrected chi connectivity index (χ2v) is 9.42. The van der Waals surface area contributed by atoms with Crippen LogP contribution in [0.5, 0.6) is 5.75 Å². The molecule has 0 heterocycles. The lowest BCUT2D eigenvalue weighted by atomic mass is 10.1. The number of carbonyl (C=O) groups is 3. The van der Waals surface area contributed by atoms with Gasteiger partial charge in [0.25, 0.3) is 5.91 Å². The van der Waals surface area contributed by atoms with Crippen molar-refractivity contribution in [1.82, 2.24) is 0 Å². The van der Waals surface area contributed by atoms with Gasteiger partial charge in [-0.25, -0.2) is 0 Å². The van der Waals surface area contributed by atoms with Gasteiger partial charge in [-0.3, -0.25) is 14.4 Å². The van der Waals surface area contributed by atoms with E-state index in [2.05, 4.69) is 10.6 Å². The van der Waals surface area contributed by atoms with Gasteiger partial charge in [0.2, 0.25) is 5.91 Å². The van der Waals surface area contributed by atoms with Crippen LogP contribution in [-0.4, -0.2) is 24.7 Å². The molecule has 0 aliphatic carbocycles. The van der Waals surface area contributed by atoms with E-state index in [0.29, 0.717) is 28.3 Å². The Balaban J connectivity index is 1.47. The minimum atomic E-state index is -0.508. The Kier molecular flexibility index (Phi) is 8.38. The summed E-state index contributed by atoms with van der Waals surface area (Å²) in [6.45, 7) is 1.51. The minimum Gasteiger partial charge on any atom is -0.497 e. The number of carbonyl (C=O) groups excluding carboxylic acids is 3. The van der Waals surface area contributed by atoms with Gasteiger partial charge in [-0.05, 0) is 79.2 Å². The standard InChI is InChI=1S/C30H26N2O4S/c1-20(33)21-11-13-24(14-12-21)32-30(35)28(22-7-4-3-5-8-22)37-27-17-15-25(16-18-27)31-29(34)23-9-6-10-26(19-23)36-2/h3-19,28H,1-2H3,(H,31,34)(H,32,35). The summed E-state index contributed by atoms with van der Waals surface area (Å²) < 4.78 is 5.19. The van der Waals surface area contributed by atoms with Crippen LogP contribution in [0.25, 0.3) is 0 Å². The van der Waals surface area contributed by atoms with Crippen LogP contribution in [-0.2, 0) is 4.79 Å². The topological polar surface area (TPSA) is 84.5 Å². The lowest BCUT2D eigenvalue weighted by Crippen LogP contribution is -2.19. The molecular weight excluding hydrogens is 484 g/mol. The highest BCUT2D eigenvalue weighted by Crippen LogP contribution is 2.36. The van der Waals surface area contributed by atoms with Crippen molar-refractivity contribution in [3.63, 3.8) is 0 Å². The first-order chi connectivity index (χ1) is 17.9. The van der Waals surface area contributed by atoms with Crippen LogP contribution < -0.4 is 15.4 Å². The molecule has 0 saturated heterocycles. The third-order valence-corrected chi connectivity index (χ3v) is 6.86. The number of anilines is 2. The van der Waals surface area contributed by atoms with Gasteiger partial charge < -0.3 is 15.4 Å². The summed E-state index contributed by atoms with van der Waals surface area (Å²) in [5, 5.41) is 5.33. The van der Waals surface area contributed by atoms with E-state index in [-0.39, 0.29) is 17.6 Å². The van der Waals surface area contributed by atoms with E-state index in [4.69, 9.17) is 4.74 Å². The number of ketones is 1. The maximum Gasteiger partial charge on any atom is 0.255 e. The number of hydrogen-bond donors (Lipinski definition) is 2. The predicted molar refractivity (Wildman–Crippen MR) is 148 cm³/mol. The Labute approximate surface area is 220 Å². The Morgan fingerprint density at radius 3 is 2.03 bits per heavy atom. The van der Waals surface area contributed by atoms with Gasteiger partial charge in [0.15, 0.2) is 5.78 Å². The number of ether oxygens (including phenoxy) is 1. The molecule has 0 aromatic heterocycles. The van der Waals surface area contributed by atoms with Gasteiger partial charge in [0.1, 0.15) is 11.0 Å². The molecule has 4 aromatic carbocycles. The largest absolute Gasteiger partial charge is 0.497 e. The van der Waals surface area contributed by atoms with Crippen LogP contribution in [0.3, 0.4) is 0 Å². The van der Waals surface area contributed by atoms with E-state index in [1.807, 2.05) is 42.5 Å². The molecule has 0 bridgehead atoms. The van der Waals surface area contributed by atoms with Crippen LogP contribution in [0.4, 0.5) is 11.4 Å². The Morgan fingerprint density at radius 1 is 0.730 bits per heavy atom. The van der Waals surface area contributed by atoms with Crippen molar-refractivity contribution >= 4 is 40.7 Å². The number of benzene rings is 4. The highest BCUT2D eigenvalue weighted by Gasteiger charge is 2.22.